The maximum absolute atomic E-state index is 13.6. The third kappa shape index (κ3) is 5.02. The molecule has 0 radical (unpaired) electrons. The van der Waals surface area contributed by atoms with Crippen molar-refractivity contribution in [2.45, 2.75) is 26.9 Å². The van der Waals surface area contributed by atoms with Crippen LogP contribution in [0.15, 0.2) is 85.1 Å². The molecule has 0 spiro atoms. The van der Waals surface area contributed by atoms with E-state index < -0.39 is 0 Å². The summed E-state index contributed by atoms with van der Waals surface area (Å²) in [5, 5.41) is 2.19. The predicted octanol–water partition coefficient (Wildman–Crippen LogP) is 6.13. The van der Waals surface area contributed by atoms with E-state index in [1.807, 2.05) is 65.7 Å². The molecular weight excluding hydrogens is 387 g/mol. The number of benzene rings is 3. The summed E-state index contributed by atoms with van der Waals surface area (Å²) in [6.07, 6.45) is 1.98. The third-order valence-electron chi connectivity index (χ3n) is 5.39. The fourth-order valence-electron chi connectivity index (χ4n) is 3.94. The summed E-state index contributed by atoms with van der Waals surface area (Å²) in [7, 11) is 0. The van der Waals surface area contributed by atoms with Crippen molar-refractivity contribution >= 4 is 16.7 Å². The van der Waals surface area contributed by atoms with Gasteiger partial charge in [-0.25, -0.2) is 4.39 Å². The van der Waals surface area contributed by atoms with Gasteiger partial charge in [0.25, 0.3) is 5.91 Å². The highest BCUT2D eigenvalue weighted by molar-refractivity contribution is 5.98. The second-order valence-electron chi connectivity index (χ2n) is 8.40. The van der Waals surface area contributed by atoms with E-state index in [4.69, 9.17) is 0 Å². The molecule has 1 heterocycles. The molecule has 31 heavy (non-hydrogen) atoms. The van der Waals surface area contributed by atoms with Gasteiger partial charge >= 0.3 is 0 Å². The lowest BCUT2D eigenvalue weighted by molar-refractivity contribution is 0.0719. The average Bonchev–Trinajstić information content (AvgIpc) is 3.18. The van der Waals surface area contributed by atoms with Gasteiger partial charge in [-0.3, -0.25) is 4.79 Å². The van der Waals surface area contributed by atoms with Crippen LogP contribution in [0.5, 0.6) is 0 Å². The Kier molecular flexibility index (Phi) is 6.17. The molecular formula is C27H27FN2O. The number of amides is 1. The van der Waals surface area contributed by atoms with Crippen LogP contribution in [-0.4, -0.2) is 21.9 Å². The van der Waals surface area contributed by atoms with Crippen molar-refractivity contribution in [1.29, 1.82) is 0 Å². The zero-order valence-electron chi connectivity index (χ0n) is 18.0. The summed E-state index contributed by atoms with van der Waals surface area (Å²) in [6, 6.07) is 24.6. The number of nitrogens with zero attached hydrogens (tertiary/aromatic N) is 2. The minimum Gasteiger partial charge on any atom is -0.345 e. The molecule has 4 heteroatoms. The van der Waals surface area contributed by atoms with E-state index in [-0.39, 0.29) is 11.7 Å². The molecule has 0 aliphatic heterocycles. The number of hydrogen-bond donors (Lipinski definition) is 0. The van der Waals surface area contributed by atoms with E-state index in [0.717, 1.165) is 22.0 Å². The van der Waals surface area contributed by atoms with E-state index in [2.05, 4.69) is 24.5 Å². The highest BCUT2D eigenvalue weighted by Gasteiger charge is 2.19. The van der Waals surface area contributed by atoms with E-state index in [0.29, 0.717) is 31.1 Å². The number of hydrogen-bond acceptors (Lipinski definition) is 1. The molecule has 4 aromatic rings. The number of aromatic nitrogens is 1. The van der Waals surface area contributed by atoms with Gasteiger partial charge in [0.05, 0.1) is 6.54 Å². The van der Waals surface area contributed by atoms with Crippen LogP contribution in [0.3, 0.4) is 0 Å². The summed E-state index contributed by atoms with van der Waals surface area (Å²) in [5.41, 5.74) is 2.62. The van der Waals surface area contributed by atoms with Crippen LogP contribution in [-0.2, 0) is 13.1 Å². The first-order valence-electron chi connectivity index (χ1n) is 10.7. The molecule has 0 unspecified atom stereocenters. The highest BCUT2D eigenvalue weighted by atomic mass is 19.1. The first kappa shape index (κ1) is 20.9. The third-order valence-corrected chi connectivity index (χ3v) is 5.39. The Morgan fingerprint density at radius 2 is 1.74 bits per heavy atom. The van der Waals surface area contributed by atoms with E-state index >= 15 is 0 Å². The maximum Gasteiger partial charge on any atom is 0.254 e. The highest BCUT2D eigenvalue weighted by Crippen LogP contribution is 2.19. The van der Waals surface area contributed by atoms with Gasteiger partial charge in [0.15, 0.2) is 0 Å². The topological polar surface area (TPSA) is 25.2 Å². The van der Waals surface area contributed by atoms with Gasteiger partial charge in [-0.15, -0.1) is 0 Å². The predicted molar refractivity (Wildman–Crippen MR) is 123 cm³/mol. The summed E-state index contributed by atoms with van der Waals surface area (Å²) in [6.45, 7) is 5.97. The zero-order chi connectivity index (χ0) is 21.8. The summed E-state index contributed by atoms with van der Waals surface area (Å²) < 4.78 is 15.7. The Hall–Kier alpha value is -3.40. The zero-order valence-corrected chi connectivity index (χ0v) is 18.0. The summed E-state index contributed by atoms with van der Waals surface area (Å²) >= 11 is 0. The lowest BCUT2D eigenvalue weighted by Crippen LogP contribution is -2.34. The fourth-order valence-corrected chi connectivity index (χ4v) is 3.94. The van der Waals surface area contributed by atoms with Gasteiger partial charge in [-0.2, -0.15) is 0 Å². The van der Waals surface area contributed by atoms with Gasteiger partial charge < -0.3 is 9.47 Å². The van der Waals surface area contributed by atoms with Gasteiger partial charge in [0.2, 0.25) is 0 Å². The quantitative estimate of drug-likeness (QED) is 0.357. The van der Waals surface area contributed by atoms with E-state index in [9.17, 15) is 9.18 Å². The minimum absolute atomic E-state index is 0.0259. The largest absolute Gasteiger partial charge is 0.345 e. The molecule has 1 aromatic heterocycles. The number of halogens is 1. The molecule has 3 nitrogen and oxygen atoms in total. The smallest absolute Gasteiger partial charge is 0.254 e. The van der Waals surface area contributed by atoms with Gasteiger partial charge in [-0.05, 0) is 58.7 Å². The number of rotatable bonds is 7. The molecule has 4 rings (SSSR count). The van der Waals surface area contributed by atoms with Gasteiger partial charge in [0, 0.05) is 30.5 Å². The molecule has 0 atom stereocenters. The van der Waals surface area contributed by atoms with E-state index in [1.165, 1.54) is 6.07 Å². The standard InChI is InChI=1S/C27H27FN2O/c1-20(2)17-30(27(31)24-13-12-22-8-3-4-9-23(22)16-24)19-26-11-6-14-29(26)18-21-7-5-10-25(28)15-21/h3-16,20H,17-19H2,1-2H3. The Balaban J connectivity index is 1.58. The van der Waals surface area contributed by atoms with Crippen LogP contribution in [0.2, 0.25) is 0 Å². The van der Waals surface area contributed by atoms with Crippen molar-refractivity contribution in [2.24, 2.45) is 5.92 Å². The first-order chi connectivity index (χ1) is 15.0. The molecule has 0 aliphatic rings. The van der Waals surface area contributed by atoms with Crippen LogP contribution in [0.4, 0.5) is 4.39 Å². The summed E-state index contributed by atoms with van der Waals surface area (Å²) in [5.74, 6) is 0.133. The van der Waals surface area contributed by atoms with Crippen LogP contribution in [0.25, 0.3) is 10.8 Å². The molecule has 0 bridgehead atoms. The number of fused-ring (bicyclic) bond motifs is 1. The minimum atomic E-state index is -0.237. The molecule has 3 aromatic carbocycles. The first-order valence-corrected chi connectivity index (χ1v) is 10.7. The van der Waals surface area contributed by atoms with Gasteiger partial charge in [-0.1, -0.05) is 56.3 Å². The van der Waals surface area contributed by atoms with Crippen molar-refractivity contribution in [3.63, 3.8) is 0 Å². The molecule has 0 saturated heterocycles. The number of carbonyl (C=O) groups is 1. The van der Waals surface area contributed by atoms with Crippen molar-refractivity contribution in [3.8, 4) is 0 Å². The van der Waals surface area contributed by atoms with Gasteiger partial charge in [0.1, 0.15) is 5.82 Å². The fraction of sp³-hybridized carbons (Fsp3) is 0.222. The molecule has 0 N–H and O–H groups in total. The Morgan fingerprint density at radius 3 is 2.52 bits per heavy atom. The van der Waals surface area contributed by atoms with Crippen molar-refractivity contribution in [3.05, 3.63) is 108 Å². The van der Waals surface area contributed by atoms with Crippen molar-refractivity contribution < 1.29 is 9.18 Å². The Labute approximate surface area is 182 Å². The monoisotopic (exact) mass is 414 g/mol. The average molecular weight is 415 g/mol. The Morgan fingerprint density at radius 1 is 0.935 bits per heavy atom. The SMILES string of the molecule is CC(C)CN(Cc1cccn1Cc1cccc(F)c1)C(=O)c1ccc2ccccc2c1. The molecule has 0 aliphatic carbocycles. The maximum atomic E-state index is 13.6. The lowest BCUT2D eigenvalue weighted by atomic mass is 10.1. The van der Waals surface area contributed by atoms with E-state index in [1.54, 1.807) is 12.1 Å². The lowest BCUT2D eigenvalue weighted by Gasteiger charge is -2.26. The second kappa shape index (κ2) is 9.17. The molecule has 0 fully saturated rings. The van der Waals surface area contributed by atoms with Crippen molar-refractivity contribution in [2.75, 3.05) is 6.54 Å². The number of carbonyl (C=O) groups excluding carboxylic acids is 1. The molecule has 0 saturated carbocycles. The van der Waals surface area contributed by atoms with Crippen LogP contribution >= 0.6 is 0 Å². The second-order valence-corrected chi connectivity index (χ2v) is 8.40. The van der Waals surface area contributed by atoms with Crippen LogP contribution in [0, 0.1) is 11.7 Å². The molecule has 158 valence electrons. The molecule has 1 amide bonds. The Bertz CT molecular complexity index is 1190. The van der Waals surface area contributed by atoms with Crippen LogP contribution < -0.4 is 0 Å². The summed E-state index contributed by atoms with van der Waals surface area (Å²) in [4.78, 5) is 15.3. The van der Waals surface area contributed by atoms with Crippen LogP contribution in [0.1, 0.15) is 35.5 Å². The van der Waals surface area contributed by atoms with Crippen molar-refractivity contribution in [1.82, 2.24) is 9.47 Å². The normalized spacial score (nSPS) is 11.2.